The van der Waals surface area contributed by atoms with Crippen LogP contribution in [0.2, 0.25) is 0 Å². The zero-order valence-electron chi connectivity index (χ0n) is 9.54. The molecule has 1 fully saturated rings. The van der Waals surface area contributed by atoms with E-state index in [0.717, 1.165) is 32.7 Å². The van der Waals surface area contributed by atoms with Gasteiger partial charge < -0.3 is 10.2 Å². The lowest BCUT2D eigenvalue weighted by atomic mass is 10.3. The molecule has 0 aromatic rings. The second kappa shape index (κ2) is 6.70. The number of hydrogen-bond acceptors (Lipinski definition) is 3. The van der Waals surface area contributed by atoms with Crippen molar-refractivity contribution in [3.05, 3.63) is 0 Å². The van der Waals surface area contributed by atoms with Crippen molar-refractivity contribution in [3.8, 4) is 0 Å². The SMILES string of the molecule is CC(=O)N1CCN(CCNC(=O)CCl)CC1. The molecule has 0 unspecified atom stereocenters. The van der Waals surface area contributed by atoms with E-state index in [-0.39, 0.29) is 17.7 Å². The van der Waals surface area contributed by atoms with E-state index in [0.29, 0.717) is 6.54 Å². The molecule has 1 saturated heterocycles. The van der Waals surface area contributed by atoms with E-state index >= 15 is 0 Å². The Morgan fingerprint density at radius 2 is 1.88 bits per heavy atom. The van der Waals surface area contributed by atoms with E-state index in [1.54, 1.807) is 6.92 Å². The molecule has 92 valence electrons. The number of alkyl halides is 1. The molecule has 2 amide bonds. The molecule has 16 heavy (non-hydrogen) atoms. The van der Waals surface area contributed by atoms with E-state index in [9.17, 15) is 9.59 Å². The van der Waals surface area contributed by atoms with Crippen molar-refractivity contribution in [2.24, 2.45) is 0 Å². The van der Waals surface area contributed by atoms with Gasteiger partial charge in [0.05, 0.1) is 0 Å². The largest absolute Gasteiger partial charge is 0.354 e. The van der Waals surface area contributed by atoms with E-state index in [1.807, 2.05) is 4.90 Å². The van der Waals surface area contributed by atoms with Gasteiger partial charge >= 0.3 is 0 Å². The van der Waals surface area contributed by atoms with Crippen molar-refractivity contribution in [2.45, 2.75) is 6.92 Å². The van der Waals surface area contributed by atoms with Gasteiger partial charge in [0.1, 0.15) is 5.88 Å². The summed E-state index contributed by atoms with van der Waals surface area (Å²) in [4.78, 5) is 26.0. The van der Waals surface area contributed by atoms with Crippen LogP contribution in [-0.4, -0.2) is 66.8 Å². The molecule has 0 atom stereocenters. The van der Waals surface area contributed by atoms with Gasteiger partial charge in [0.25, 0.3) is 0 Å². The van der Waals surface area contributed by atoms with Gasteiger partial charge in [-0.1, -0.05) is 0 Å². The highest BCUT2D eigenvalue weighted by Gasteiger charge is 2.17. The molecule has 0 aromatic heterocycles. The number of amides is 2. The molecule has 1 aliphatic heterocycles. The van der Waals surface area contributed by atoms with E-state index in [2.05, 4.69) is 10.2 Å². The van der Waals surface area contributed by atoms with Gasteiger partial charge in [0, 0.05) is 46.2 Å². The Kier molecular flexibility index (Phi) is 5.55. The van der Waals surface area contributed by atoms with Crippen LogP contribution in [0.25, 0.3) is 0 Å². The lowest BCUT2D eigenvalue weighted by Gasteiger charge is -2.34. The minimum atomic E-state index is -0.135. The van der Waals surface area contributed by atoms with Crippen LogP contribution in [0.3, 0.4) is 0 Å². The molecular weight excluding hydrogens is 230 g/mol. The number of rotatable bonds is 4. The highest BCUT2D eigenvalue weighted by molar-refractivity contribution is 6.27. The van der Waals surface area contributed by atoms with Crippen molar-refractivity contribution < 1.29 is 9.59 Å². The Morgan fingerprint density at radius 3 is 2.38 bits per heavy atom. The summed E-state index contributed by atoms with van der Waals surface area (Å²) in [5, 5.41) is 2.72. The molecule has 5 nitrogen and oxygen atoms in total. The Hall–Kier alpha value is -0.810. The first-order valence-electron chi connectivity index (χ1n) is 5.44. The Morgan fingerprint density at radius 1 is 1.25 bits per heavy atom. The second-order valence-corrected chi connectivity index (χ2v) is 4.10. The fraction of sp³-hybridized carbons (Fsp3) is 0.800. The van der Waals surface area contributed by atoms with Gasteiger partial charge in [-0.3, -0.25) is 14.5 Å². The summed E-state index contributed by atoms with van der Waals surface area (Å²) in [6.07, 6.45) is 0. The fourth-order valence-electron chi connectivity index (χ4n) is 1.69. The number of hydrogen-bond donors (Lipinski definition) is 1. The number of nitrogens with zero attached hydrogens (tertiary/aromatic N) is 2. The quantitative estimate of drug-likeness (QED) is 0.682. The zero-order valence-corrected chi connectivity index (χ0v) is 10.3. The molecule has 6 heteroatoms. The van der Waals surface area contributed by atoms with E-state index < -0.39 is 0 Å². The first kappa shape index (κ1) is 13.3. The van der Waals surface area contributed by atoms with E-state index in [4.69, 9.17) is 11.6 Å². The van der Waals surface area contributed by atoms with Crippen LogP contribution < -0.4 is 5.32 Å². The predicted molar refractivity (Wildman–Crippen MR) is 62.4 cm³/mol. The monoisotopic (exact) mass is 247 g/mol. The third-order valence-electron chi connectivity index (χ3n) is 2.69. The predicted octanol–water partition coefficient (Wildman–Crippen LogP) is -0.494. The first-order chi connectivity index (χ1) is 7.63. The topological polar surface area (TPSA) is 52.7 Å². The smallest absolute Gasteiger partial charge is 0.234 e. The fourth-order valence-corrected chi connectivity index (χ4v) is 1.78. The van der Waals surface area contributed by atoms with Gasteiger partial charge in [-0.25, -0.2) is 0 Å². The normalized spacial score (nSPS) is 17.2. The summed E-state index contributed by atoms with van der Waals surface area (Å²) in [7, 11) is 0. The lowest BCUT2D eigenvalue weighted by molar-refractivity contribution is -0.130. The number of piperazine rings is 1. The average Bonchev–Trinajstić information content (AvgIpc) is 2.29. The summed E-state index contributed by atoms with van der Waals surface area (Å²) in [5.41, 5.74) is 0. The van der Waals surface area contributed by atoms with Crippen LogP contribution in [0.4, 0.5) is 0 Å². The van der Waals surface area contributed by atoms with E-state index in [1.165, 1.54) is 0 Å². The maximum atomic E-state index is 11.1. The van der Waals surface area contributed by atoms with Crippen LogP contribution in [0.1, 0.15) is 6.92 Å². The van der Waals surface area contributed by atoms with Crippen molar-refractivity contribution in [1.29, 1.82) is 0 Å². The van der Waals surface area contributed by atoms with Crippen molar-refractivity contribution >= 4 is 23.4 Å². The number of carbonyl (C=O) groups excluding carboxylic acids is 2. The van der Waals surface area contributed by atoms with Crippen LogP contribution >= 0.6 is 11.6 Å². The molecule has 1 rings (SSSR count). The van der Waals surface area contributed by atoms with Gasteiger partial charge in [0.15, 0.2) is 0 Å². The van der Waals surface area contributed by atoms with Crippen LogP contribution in [0.15, 0.2) is 0 Å². The Labute approximate surface area is 101 Å². The summed E-state index contributed by atoms with van der Waals surface area (Å²) < 4.78 is 0. The molecule has 1 aliphatic rings. The molecule has 0 bridgehead atoms. The van der Waals surface area contributed by atoms with Crippen LogP contribution in [0, 0.1) is 0 Å². The zero-order chi connectivity index (χ0) is 12.0. The maximum absolute atomic E-state index is 11.1. The van der Waals surface area contributed by atoms with Gasteiger partial charge in [-0.2, -0.15) is 0 Å². The Bertz CT molecular complexity index is 252. The highest BCUT2D eigenvalue weighted by Crippen LogP contribution is 2.00. The highest BCUT2D eigenvalue weighted by atomic mass is 35.5. The summed E-state index contributed by atoms with van der Waals surface area (Å²) >= 11 is 5.36. The molecule has 1 N–H and O–H groups in total. The molecule has 0 aliphatic carbocycles. The maximum Gasteiger partial charge on any atom is 0.234 e. The molecular formula is C10H18ClN3O2. The van der Waals surface area contributed by atoms with Crippen molar-refractivity contribution in [3.63, 3.8) is 0 Å². The van der Waals surface area contributed by atoms with Crippen LogP contribution in [0.5, 0.6) is 0 Å². The number of halogens is 1. The van der Waals surface area contributed by atoms with Crippen LogP contribution in [-0.2, 0) is 9.59 Å². The van der Waals surface area contributed by atoms with Gasteiger partial charge in [-0.15, -0.1) is 11.6 Å². The molecule has 1 heterocycles. The van der Waals surface area contributed by atoms with Crippen molar-refractivity contribution in [2.75, 3.05) is 45.1 Å². The Balaban J connectivity index is 2.13. The molecule has 0 aromatic carbocycles. The summed E-state index contributed by atoms with van der Waals surface area (Å²) in [6, 6.07) is 0. The minimum Gasteiger partial charge on any atom is -0.354 e. The molecule has 0 spiro atoms. The van der Waals surface area contributed by atoms with Crippen molar-refractivity contribution in [1.82, 2.24) is 15.1 Å². The van der Waals surface area contributed by atoms with Gasteiger partial charge in [-0.05, 0) is 0 Å². The third kappa shape index (κ3) is 4.37. The minimum absolute atomic E-state index is 0.0120. The molecule has 0 radical (unpaired) electrons. The van der Waals surface area contributed by atoms with Gasteiger partial charge in [0.2, 0.25) is 11.8 Å². The standard InChI is InChI=1S/C10H18ClN3O2/c1-9(15)14-6-4-13(5-7-14)3-2-12-10(16)8-11/h2-8H2,1H3,(H,12,16). The second-order valence-electron chi connectivity index (χ2n) is 3.83. The molecule has 0 saturated carbocycles. The number of nitrogens with one attached hydrogen (secondary N) is 1. The lowest BCUT2D eigenvalue weighted by Crippen LogP contribution is -2.49. The summed E-state index contributed by atoms with van der Waals surface area (Å²) in [6.45, 7) is 6.32. The number of carbonyl (C=O) groups is 2. The first-order valence-corrected chi connectivity index (χ1v) is 5.97. The third-order valence-corrected chi connectivity index (χ3v) is 2.93. The summed E-state index contributed by atoms with van der Waals surface area (Å²) in [5.74, 6) is 0.0112. The average molecular weight is 248 g/mol.